The fourth-order valence-electron chi connectivity index (χ4n) is 5.84. The summed E-state index contributed by atoms with van der Waals surface area (Å²) in [4.78, 5) is 0. The SMILES string of the molecule is CC(C)C1CC2[C@]3(C)CC[C@@]2(C)C(SC#N)C1C3. The van der Waals surface area contributed by atoms with Crippen molar-refractivity contribution in [2.75, 3.05) is 0 Å². The van der Waals surface area contributed by atoms with Gasteiger partial charge in [-0.3, -0.25) is 0 Å². The van der Waals surface area contributed by atoms with Gasteiger partial charge in [-0.05, 0) is 71.9 Å². The van der Waals surface area contributed by atoms with Gasteiger partial charge in [0, 0.05) is 5.25 Å². The minimum absolute atomic E-state index is 0.448. The van der Waals surface area contributed by atoms with Gasteiger partial charge in [-0.15, -0.1) is 0 Å². The molecule has 4 rings (SSSR count). The number of nitrogens with zero attached hydrogens (tertiary/aromatic N) is 1. The first-order chi connectivity index (χ1) is 8.42. The van der Waals surface area contributed by atoms with Crippen LogP contribution in [0.1, 0.15) is 53.4 Å². The molecule has 0 N–H and O–H groups in total. The predicted molar refractivity (Wildman–Crippen MR) is 77.0 cm³/mol. The van der Waals surface area contributed by atoms with E-state index in [1.165, 1.54) is 25.7 Å². The van der Waals surface area contributed by atoms with Crippen LogP contribution in [0, 0.1) is 45.2 Å². The van der Waals surface area contributed by atoms with Gasteiger partial charge < -0.3 is 0 Å². The highest BCUT2D eigenvalue weighted by Crippen LogP contribution is 2.72. The molecule has 0 aromatic rings. The summed E-state index contributed by atoms with van der Waals surface area (Å²) in [5.74, 6) is 3.30. The van der Waals surface area contributed by atoms with Crippen molar-refractivity contribution in [2.45, 2.75) is 58.6 Å². The molecule has 4 saturated carbocycles. The standard InChI is InChI=1S/C16H25NS/c1-10(2)11-7-13-15(3)5-6-16(13,4)14(18-9-17)12(11)8-15/h10-14H,5-8H2,1-4H3/t11?,12?,13?,14?,15-,16-/m1/s1. The zero-order valence-electron chi connectivity index (χ0n) is 12.1. The summed E-state index contributed by atoms with van der Waals surface area (Å²) in [6.45, 7) is 9.78. The highest BCUT2D eigenvalue weighted by atomic mass is 32.2. The van der Waals surface area contributed by atoms with Crippen LogP contribution in [0.2, 0.25) is 0 Å². The number of fused-ring (bicyclic) bond motifs is 1. The van der Waals surface area contributed by atoms with Crippen molar-refractivity contribution in [1.29, 1.82) is 5.26 Å². The van der Waals surface area contributed by atoms with Crippen LogP contribution in [0.3, 0.4) is 0 Å². The van der Waals surface area contributed by atoms with Crippen molar-refractivity contribution < 1.29 is 0 Å². The van der Waals surface area contributed by atoms with E-state index in [2.05, 4.69) is 33.1 Å². The first kappa shape index (κ1) is 12.9. The lowest BCUT2D eigenvalue weighted by Gasteiger charge is -2.61. The lowest BCUT2D eigenvalue weighted by atomic mass is 9.47. The predicted octanol–water partition coefficient (Wildman–Crippen LogP) is 4.69. The first-order valence-corrected chi connectivity index (χ1v) is 8.35. The van der Waals surface area contributed by atoms with E-state index < -0.39 is 0 Å². The van der Waals surface area contributed by atoms with Gasteiger partial charge in [0.15, 0.2) is 0 Å². The Morgan fingerprint density at radius 3 is 2.61 bits per heavy atom. The van der Waals surface area contributed by atoms with Gasteiger partial charge in [-0.25, -0.2) is 0 Å². The third-order valence-electron chi connectivity index (χ3n) is 6.71. The molecule has 0 saturated heterocycles. The number of hydrogen-bond donors (Lipinski definition) is 0. The van der Waals surface area contributed by atoms with Gasteiger partial charge in [0.2, 0.25) is 0 Å². The number of rotatable bonds is 2. The van der Waals surface area contributed by atoms with E-state index in [1.54, 1.807) is 11.8 Å². The van der Waals surface area contributed by atoms with E-state index >= 15 is 0 Å². The molecule has 4 aliphatic rings. The molecule has 4 aliphatic carbocycles. The first-order valence-electron chi connectivity index (χ1n) is 7.47. The molecule has 100 valence electrons. The van der Waals surface area contributed by atoms with E-state index in [0.717, 1.165) is 23.7 Å². The fourth-order valence-corrected chi connectivity index (χ4v) is 6.98. The molecule has 1 nitrogen and oxygen atoms in total. The second-order valence-electron chi connectivity index (χ2n) is 7.85. The number of nitriles is 1. The average Bonchev–Trinajstić information content (AvgIpc) is 2.52. The molecular formula is C16H25NS. The summed E-state index contributed by atoms with van der Waals surface area (Å²) in [6, 6.07) is 0. The average molecular weight is 263 g/mol. The summed E-state index contributed by atoms with van der Waals surface area (Å²) in [7, 11) is 0. The van der Waals surface area contributed by atoms with Crippen LogP contribution in [0.5, 0.6) is 0 Å². The topological polar surface area (TPSA) is 23.8 Å². The van der Waals surface area contributed by atoms with E-state index in [0.29, 0.717) is 16.1 Å². The molecular weight excluding hydrogens is 238 g/mol. The van der Waals surface area contributed by atoms with Crippen LogP contribution in [-0.4, -0.2) is 5.25 Å². The summed E-state index contributed by atoms with van der Waals surface area (Å²) in [6.07, 6.45) is 5.57. The maximum Gasteiger partial charge on any atom is 0.133 e. The zero-order chi connectivity index (χ0) is 13.1. The molecule has 4 unspecified atom stereocenters. The normalized spacial score (nSPS) is 53.8. The van der Waals surface area contributed by atoms with Gasteiger partial charge in [-0.1, -0.05) is 27.7 Å². The monoisotopic (exact) mass is 263 g/mol. The fraction of sp³-hybridized carbons (Fsp3) is 0.938. The Morgan fingerprint density at radius 1 is 1.28 bits per heavy atom. The Labute approximate surface area is 116 Å². The smallest absolute Gasteiger partial charge is 0.133 e. The lowest BCUT2D eigenvalue weighted by Crippen LogP contribution is -2.57. The van der Waals surface area contributed by atoms with E-state index in [9.17, 15) is 5.26 Å². The highest BCUT2D eigenvalue weighted by molar-refractivity contribution is 8.04. The van der Waals surface area contributed by atoms with Gasteiger partial charge in [0.25, 0.3) is 0 Å². The quantitative estimate of drug-likeness (QED) is 0.675. The van der Waals surface area contributed by atoms with Crippen LogP contribution in [0.15, 0.2) is 0 Å². The molecule has 0 spiro atoms. The zero-order valence-corrected chi connectivity index (χ0v) is 12.9. The molecule has 0 radical (unpaired) electrons. The molecule has 6 atom stereocenters. The van der Waals surface area contributed by atoms with Crippen LogP contribution in [0.25, 0.3) is 0 Å². The van der Waals surface area contributed by atoms with Crippen molar-refractivity contribution in [3.8, 4) is 5.40 Å². The van der Waals surface area contributed by atoms with Crippen LogP contribution >= 0.6 is 11.8 Å². The Hall–Kier alpha value is -0.160. The highest BCUT2D eigenvalue weighted by Gasteiger charge is 2.66. The molecule has 0 amide bonds. The molecule has 2 heteroatoms. The van der Waals surface area contributed by atoms with Crippen LogP contribution in [0.4, 0.5) is 0 Å². The van der Waals surface area contributed by atoms with Gasteiger partial charge >= 0.3 is 0 Å². The van der Waals surface area contributed by atoms with Crippen molar-refractivity contribution in [3.63, 3.8) is 0 Å². The summed E-state index contributed by atoms with van der Waals surface area (Å²) >= 11 is 1.60. The molecule has 18 heavy (non-hydrogen) atoms. The Morgan fingerprint density at radius 2 is 2.00 bits per heavy atom. The molecule has 0 heterocycles. The van der Waals surface area contributed by atoms with E-state index in [-0.39, 0.29) is 0 Å². The summed E-state index contributed by atoms with van der Waals surface area (Å²) < 4.78 is 0. The molecule has 0 aromatic heterocycles. The second kappa shape index (κ2) is 3.92. The number of hydrogen-bond acceptors (Lipinski definition) is 2. The Balaban J connectivity index is 2.00. The maximum absolute atomic E-state index is 9.19. The summed E-state index contributed by atoms with van der Waals surface area (Å²) in [5, 5.41) is 12.2. The Bertz CT molecular complexity index is 398. The van der Waals surface area contributed by atoms with Crippen molar-refractivity contribution in [1.82, 2.24) is 0 Å². The summed E-state index contributed by atoms with van der Waals surface area (Å²) in [5.41, 5.74) is 1.04. The molecule has 0 aromatic carbocycles. The maximum atomic E-state index is 9.19. The number of thioether (sulfide) groups is 1. The van der Waals surface area contributed by atoms with Gasteiger partial charge in [0.05, 0.1) is 0 Å². The van der Waals surface area contributed by atoms with Crippen molar-refractivity contribution in [2.24, 2.45) is 34.5 Å². The molecule has 4 fully saturated rings. The van der Waals surface area contributed by atoms with E-state index in [4.69, 9.17) is 0 Å². The largest absolute Gasteiger partial charge is 0.185 e. The van der Waals surface area contributed by atoms with Crippen molar-refractivity contribution >= 4 is 11.8 Å². The third-order valence-corrected chi connectivity index (χ3v) is 7.95. The minimum atomic E-state index is 0.448. The molecule has 4 bridgehead atoms. The van der Waals surface area contributed by atoms with Gasteiger partial charge in [-0.2, -0.15) is 5.26 Å². The van der Waals surface area contributed by atoms with E-state index in [1.807, 2.05) is 0 Å². The minimum Gasteiger partial charge on any atom is -0.185 e. The second-order valence-corrected chi connectivity index (χ2v) is 8.78. The molecule has 0 aliphatic heterocycles. The van der Waals surface area contributed by atoms with Gasteiger partial charge in [0.1, 0.15) is 5.40 Å². The third kappa shape index (κ3) is 1.46. The van der Waals surface area contributed by atoms with Crippen molar-refractivity contribution in [3.05, 3.63) is 0 Å². The van der Waals surface area contributed by atoms with Crippen LogP contribution < -0.4 is 0 Å². The Kier molecular flexibility index (Phi) is 2.80. The lowest BCUT2D eigenvalue weighted by molar-refractivity contribution is -0.0757. The number of thiocyanates is 1. The van der Waals surface area contributed by atoms with Crippen LogP contribution in [-0.2, 0) is 0 Å².